The summed E-state index contributed by atoms with van der Waals surface area (Å²) in [7, 11) is 3.47. The molecule has 1 fully saturated rings. The van der Waals surface area contributed by atoms with Crippen molar-refractivity contribution in [1.82, 2.24) is 25.1 Å². The Kier molecular flexibility index (Phi) is 11.5. The first-order chi connectivity index (χ1) is 18.2. The van der Waals surface area contributed by atoms with Crippen molar-refractivity contribution >= 4 is 41.2 Å². The lowest BCUT2D eigenvalue weighted by molar-refractivity contribution is -0.155. The van der Waals surface area contributed by atoms with Crippen molar-refractivity contribution in [2.45, 2.75) is 31.1 Å². The van der Waals surface area contributed by atoms with Gasteiger partial charge in [-0.15, -0.1) is 0 Å². The predicted molar refractivity (Wildman–Crippen MR) is 138 cm³/mol. The second-order valence-corrected chi connectivity index (χ2v) is 9.26. The number of rotatable bonds is 6. The first-order valence-corrected chi connectivity index (χ1v) is 12.1. The molecule has 212 valence electrons. The normalized spacial score (nSPS) is 15.3. The van der Waals surface area contributed by atoms with Crippen LogP contribution in [0.15, 0.2) is 42.9 Å². The number of aromatic nitrogens is 2. The largest absolute Gasteiger partial charge is 0.478 e. The molecule has 0 radical (unpaired) electrons. The van der Waals surface area contributed by atoms with Crippen molar-refractivity contribution in [1.29, 1.82) is 0 Å². The Labute approximate surface area is 232 Å². The van der Waals surface area contributed by atoms with Crippen molar-refractivity contribution < 1.29 is 37.8 Å². The van der Waals surface area contributed by atoms with Crippen LogP contribution in [0.1, 0.15) is 24.4 Å². The van der Waals surface area contributed by atoms with E-state index in [1.165, 1.54) is 42.7 Å². The van der Waals surface area contributed by atoms with Gasteiger partial charge >= 0.3 is 24.1 Å². The Morgan fingerprint density at radius 1 is 1.10 bits per heavy atom. The molecule has 1 aromatic heterocycles. The van der Waals surface area contributed by atoms with Crippen LogP contribution >= 0.6 is 23.2 Å². The Balaban J connectivity index is 0.000000580. The highest BCUT2D eigenvalue weighted by Crippen LogP contribution is 2.42. The Morgan fingerprint density at radius 2 is 1.69 bits per heavy atom. The molecule has 1 aliphatic heterocycles. The first-order valence-electron chi connectivity index (χ1n) is 11.4. The van der Waals surface area contributed by atoms with Gasteiger partial charge in [-0.25, -0.2) is 14.4 Å². The SMILES string of the molecule is CN1CCC(N(C)C(=O)NC(c2ccc(-c3cnccn3)c(Cl)c2Cl)C(F)(F)F)CC1.O=C(O)/C=C/C(=O)O. The Bertz CT molecular complexity index is 1180. The summed E-state index contributed by atoms with van der Waals surface area (Å²) in [5.74, 6) is -2.51. The minimum Gasteiger partial charge on any atom is -0.478 e. The molecule has 0 spiro atoms. The number of hydrogen-bond donors (Lipinski definition) is 3. The number of benzene rings is 1. The standard InChI is InChI=1S/C20H22Cl2F3N5O.C4H4O4/c1-29-9-5-12(6-10-29)30(2)19(31)28-18(20(23,24)25)14-4-3-13(16(21)17(14)22)15-11-26-7-8-27-15;5-3(6)1-2-4(7)8/h3-4,7-8,11-12,18H,5-6,9-10H2,1-2H3,(H,28,31);1-2H,(H,5,6)(H,7,8)/b;2-1+. The number of likely N-dealkylation sites (tertiary alicyclic amines) is 1. The summed E-state index contributed by atoms with van der Waals surface area (Å²) >= 11 is 12.5. The van der Waals surface area contributed by atoms with E-state index in [1.807, 2.05) is 7.05 Å². The number of nitrogens with one attached hydrogen (secondary N) is 1. The fourth-order valence-electron chi connectivity index (χ4n) is 3.68. The fourth-order valence-corrected chi connectivity index (χ4v) is 4.22. The lowest BCUT2D eigenvalue weighted by Gasteiger charge is -2.36. The molecule has 0 bridgehead atoms. The zero-order chi connectivity index (χ0) is 29.3. The van der Waals surface area contributed by atoms with Crippen LogP contribution in [0, 0.1) is 0 Å². The summed E-state index contributed by atoms with van der Waals surface area (Å²) in [6, 6.07) is -0.675. The summed E-state index contributed by atoms with van der Waals surface area (Å²) in [5, 5.41) is 17.3. The van der Waals surface area contributed by atoms with Crippen LogP contribution in [-0.4, -0.2) is 87.4 Å². The number of hydrogen-bond acceptors (Lipinski definition) is 6. The molecule has 0 aliphatic carbocycles. The molecule has 2 aromatic rings. The van der Waals surface area contributed by atoms with Gasteiger partial charge in [0, 0.05) is 48.8 Å². The lowest BCUT2D eigenvalue weighted by atomic mass is 10.0. The van der Waals surface area contributed by atoms with E-state index >= 15 is 0 Å². The third-order valence-electron chi connectivity index (χ3n) is 5.78. The van der Waals surface area contributed by atoms with E-state index in [0.717, 1.165) is 13.1 Å². The lowest BCUT2D eigenvalue weighted by Crippen LogP contribution is -2.50. The van der Waals surface area contributed by atoms with Gasteiger partial charge in [-0.05, 0) is 33.0 Å². The molecule has 1 aliphatic rings. The van der Waals surface area contributed by atoms with Crippen molar-refractivity contribution in [3.05, 3.63) is 58.5 Å². The Morgan fingerprint density at radius 3 is 2.18 bits per heavy atom. The minimum atomic E-state index is -4.77. The molecular formula is C24H26Cl2F3N5O5. The van der Waals surface area contributed by atoms with E-state index in [4.69, 9.17) is 33.4 Å². The third kappa shape index (κ3) is 9.37. The van der Waals surface area contributed by atoms with Crippen molar-refractivity contribution in [3.8, 4) is 11.3 Å². The highest BCUT2D eigenvalue weighted by Gasteiger charge is 2.44. The number of alkyl halides is 3. The zero-order valence-electron chi connectivity index (χ0n) is 20.8. The molecule has 3 N–H and O–H groups in total. The van der Waals surface area contributed by atoms with E-state index in [9.17, 15) is 27.6 Å². The average Bonchev–Trinajstić information content (AvgIpc) is 2.88. The molecular weight excluding hydrogens is 566 g/mol. The van der Waals surface area contributed by atoms with Gasteiger partial charge in [0.05, 0.1) is 21.9 Å². The number of carbonyl (C=O) groups is 3. The third-order valence-corrected chi connectivity index (χ3v) is 6.68. The van der Waals surface area contributed by atoms with E-state index in [2.05, 4.69) is 20.2 Å². The summed E-state index contributed by atoms with van der Waals surface area (Å²) in [6.45, 7) is 1.55. The predicted octanol–water partition coefficient (Wildman–Crippen LogP) is 4.50. The highest BCUT2D eigenvalue weighted by atomic mass is 35.5. The molecule has 1 saturated heterocycles. The number of halogens is 5. The number of carboxylic acids is 2. The number of aliphatic carboxylic acids is 2. The molecule has 3 rings (SSSR count). The first kappa shape index (κ1) is 31.8. The van der Waals surface area contributed by atoms with Gasteiger partial charge in [-0.3, -0.25) is 9.97 Å². The summed E-state index contributed by atoms with van der Waals surface area (Å²) in [5.41, 5.74) is 0.381. The number of carbonyl (C=O) groups excluding carboxylic acids is 1. The minimum absolute atomic E-state index is 0.0909. The molecule has 0 saturated carbocycles. The van der Waals surface area contributed by atoms with Gasteiger partial charge in [0.15, 0.2) is 6.04 Å². The van der Waals surface area contributed by atoms with Crippen LogP contribution < -0.4 is 5.32 Å². The maximum atomic E-state index is 13.9. The van der Waals surface area contributed by atoms with Gasteiger partial charge in [-0.2, -0.15) is 13.2 Å². The Hall–Kier alpha value is -3.42. The summed E-state index contributed by atoms with van der Waals surface area (Å²) < 4.78 is 41.7. The molecule has 1 atom stereocenters. The van der Waals surface area contributed by atoms with Crippen LogP contribution in [0.2, 0.25) is 10.0 Å². The van der Waals surface area contributed by atoms with Gasteiger partial charge in [0.25, 0.3) is 0 Å². The molecule has 2 heterocycles. The quantitative estimate of drug-likeness (QED) is 0.418. The van der Waals surface area contributed by atoms with Gasteiger partial charge in [0.1, 0.15) is 0 Å². The van der Waals surface area contributed by atoms with Crippen LogP contribution in [0.4, 0.5) is 18.0 Å². The molecule has 15 heteroatoms. The molecule has 1 aromatic carbocycles. The molecule has 10 nitrogen and oxygen atoms in total. The van der Waals surface area contributed by atoms with Crippen molar-refractivity contribution in [3.63, 3.8) is 0 Å². The fraction of sp³-hybridized carbons (Fsp3) is 0.375. The zero-order valence-corrected chi connectivity index (χ0v) is 22.3. The number of piperidine rings is 1. The van der Waals surface area contributed by atoms with E-state index < -0.39 is 30.2 Å². The summed E-state index contributed by atoms with van der Waals surface area (Å²) in [6.07, 6.45) is 2.05. The van der Waals surface area contributed by atoms with E-state index in [1.54, 1.807) is 0 Å². The number of nitrogens with zero attached hydrogens (tertiary/aromatic N) is 4. The van der Waals surface area contributed by atoms with Gasteiger partial charge in [-0.1, -0.05) is 35.3 Å². The second-order valence-electron chi connectivity index (χ2n) is 8.50. The van der Waals surface area contributed by atoms with Crippen molar-refractivity contribution in [2.24, 2.45) is 0 Å². The number of urea groups is 1. The average molecular weight is 592 g/mol. The van der Waals surface area contributed by atoms with E-state index in [-0.39, 0.29) is 21.7 Å². The number of amides is 2. The molecule has 2 amide bonds. The van der Waals surface area contributed by atoms with E-state index in [0.29, 0.717) is 36.3 Å². The summed E-state index contributed by atoms with van der Waals surface area (Å²) in [4.78, 5) is 43.2. The van der Waals surface area contributed by atoms with Crippen LogP contribution in [-0.2, 0) is 9.59 Å². The number of carboxylic acid groups (broad SMARTS) is 2. The highest BCUT2D eigenvalue weighted by molar-refractivity contribution is 6.44. The topological polar surface area (TPSA) is 136 Å². The van der Waals surface area contributed by atoms with Gasteiger partial charge in [0.2, 0.25) is 0 Å². The van der Waals surface area contributed by atoms with Crippen molar-refractivity contribution in [2.75, 3.05) is 27.2 Å². The smallest absolute Gasteiger partial charge is 0.412 e. The van der Waals surface area contributed by atoms with Crippen LogP contribution in [0.3, 0.4) is 0 Å². The molecule has 1 unspecified atom stereocenters. The maximum absolute atomic E-state index is 13.9. The molecule has 39 heavy (non-hydrogen) atoms. The maximum Gasteiger partial charge on any atom is 0.412 e. The second kappa shape index (κ2) is 14.1. The van der Waals surface area contributed by atoms with Crippen LogP contribution in [0.5, 0.6) is 0 Å². The monoisotopic (exact) mass is 591 g/mol. The van der Waals surface area contributed by atoms with Crippen LogP contribution in [0.25, 0.3) is 11.3 Å². The van der Waals surface area contributed by atoms with Gasteiger partial charge < -0.3 is 25.3 Å².